The van der Waals surface area contributed by atoms with Crippen molar-refractivity contribution in [1.82, 2.24) is 9.88 Å². The van der Waals surface area contributed by atoms with Crippen LogP contribution >= 0.6 is 0 Å². The number of aromatic nitrogens is 1. The Labute approximate surface area is 166 Å². The molecule has 0 N–H and O–H groups in total. The van der Waals surface area contributed by atoms with Gasteiger partial charge in [0, 0.05) is 25.7 Å². The molecule has 0 spiro atoms. The van der Waals surface area contributed by atoms with Crippen LogP contribution in [-0.4, -0.2) is 35.7 Å². The monoisotopic (exact) mass is 374 g/mol. The van der Waals surface area contributed by atoms with Crippen LogP contribution in [0.4, 0.5) is 0 Å². The zero-order valence-corrected chi connectivity index (χ0v) is 16.3. The molecule has 144 valence electrons. The van der Waals surface area contributed by atoms with Gasteiger partial charge in [-0.05, 0) is 41.9 Å². The first-order valence-corrected chi connectivity index (χ1v) is 9.93. The van der Waals surface area contributed by atoms with Gasteiger partial charge in [-0.15, -0.1) is 0 Å². The maximum atomic E-state index is 6.09. The largest absolute Gasteiger partial charge is 0.486 e. The van der Waals surface area contributed by atoms with Crippen LogP contribution in [0.15, 0.2) is 72.9 Å². The summed E-state index contributed by atoms with van der Waals surface area (Å²) >= 11 is 0. The summed E-state index contributed by atoms with van der Waals surface area (Å²) in [6.07, 6.45) is 2.92. The smallest absolute Gasteiger partial charge is 0.161 e. The van der Waals surface area contributed by atoms with Crippen molar-refractivity contribution in [2.45, 2.75) is 26.0 Å². The molecule has 1 unspecified atom stereocenters. The third-order valence-electron chi connectivity index (χ3n) is 5.09. The van der Waals surface area contributed by atoms with Gasteiger partial charge in [0.25, 0.3) is 0 Å². The van der Waals surface area contributed by atoms with E-state index in [4.69, 9.17) is 9.47 Å². The van der Waals surface area contributed by atoms with Gasteiger partial charge in [0.1, 0.15) is 12.7 Å². The number of hydrogen-bond acceptors (Lipinski definition) is 4. The molecule has 4 rings (SSSR count). The predicted molar refractivity (Wildman–Crippen MR) is 112 cm³/mol. The lowest BCUT2D eigenvalue weighted by Crippen LogP contribution is -2.34. The van der Waals surface area contributed by atoms with Gasteiger partial charge in [-0.25, -0.2) is 0 Å². The van der Waals surface area contributed by atoms with Crippen molar-refractivity contribution in [3.63, 3.8) is 0 Å². The van der Waals surface area contributed by atoms with E-state index in [-0.39, 0.29) is 6.10 Å². The predicted octanol–water partition coefficient (Wildman–Crippen LogP) is 4.80. The number of ether oxygens (including phenoxy) is 2. The van der Waals surface area contributed by atoms with E-state index >= 15 is 0 Å². The summed E-state index contributed by atoms with van der Waals surface area (Å²) in [4.78, 5) is 6.98. The van der Waals surface area contributed by atoms with Crippen LogP contribution < -0.4 is 9.47 Å². The van der Waals surface area contributed by atoms with Gasteiger partial charge in [-0.3, -0.25) is 9.88 Å². The fourth-order valence-corrected chi connectivity index (χ4v) is 3.48. The second kappa shape index (κ2) is 8.89. The van der Waals surface area contributed by atoms with E-state index in [0.717, 1.165) is 43.2 Å². The Kier molecular flexibility index (Phi) is 5.88. The number of benzene rings is 2. The van der Waals surface area contributed by atoms with E-state index in [9.17, 15) is 0 Å². The second-order valence-corrected chi connectivity index (χ2v) is 7.06. The van der Waals surface area contributed by atoms with E-state index in [1.165, 1.54) is 11.1 Å². The lowest BCUT2D eigenvalue weighted by Gasteiger charge is -2.28. The lowest BCUT2D eigenvalue weighted by atomic mass is 10.1. The van der Waals surface area contributed by atoms with Crippen molar-refractivity contribution in [1.29, 1.82) is 0 Å². The number of para-hydroxylation sites is 2. The van der Waals surface area contributed by atoms with Crippen molar-refractivity contribution in [3.05, 3.63) is 78.6 Å². The highest BCUT2D eigenvalue weighted by molar-refractivity contribution is 5.63. The number of pyridine rings is 1. The average molecular weight is 374 g/mol. The summed E-state index contributed by atoms with van der Waals surface area (Å²) in [5.74, 6) is 1.69. The van der Waals surface area contributed by atoms with Crippen LogP contribution in [0.1, 0.15) is 19.0 Å². The van der Waals surface area contributed by atoms with E-state index in [1.807, 2.05) is 36.5 Å². The summed E-state index contributed by atoms with van der Waals surface area (Å²) in [6, 6.07) is 22.6. The molecule has 4 nitrogen and oxygen atoms in total. The number of hydrogen-bond donors (Lipinski definition) is 0. The van der Waals surface area contributed by atoms with Crippen LogP contribution in [-0.2, 0) is 6.54 Å². The highest BCUT2D eigenvalue weighted by atomic mass is 16.6. The Balaban J connectivity index is 1.35. The molecule has 2 heterocycles. The molecule has 0 radical (unpaired) electrons. The van der Waals surface area contributed by atoms with Crippen molar-refractivity contribution in [2.75, 3.05) is 19.7 Å². The summed E-state index contributed by atoms with van der Waals surface area (Å²) in [7, 11) is 0. The first-order valence-electron chi connectivity index (χ1n) is 9.93. The molecule has 28 heavy (non-hydrogen) atoms. The first kappa shape index (κ1) is 18.5. The number of nitrogens with zero attached hydrogens (tertiary/aromatic N) is 2. The number of fused-ring (bicyclic) bond motifs is 1. The molecule has 1 aliphatic heterocycles. The summed E-state index contributed by atoms with van der Waals surface area (Å²) in [6.45, 7) is 5.55. The highest BCUT2D eigenvalue weighted by Crippen LogP contribution is 2.31. The number of rotatable bonds is 7. The molecular formula is C24H26N2O2. The van der Waals surface area contributed by atoms with Crippen LogP contribution in [0.5, 0.6) is 11.5 Å². The molecule has 1 atom stereocenters. The minimum Gasteiger partial charge on any atom is -0.486 e. The van der Waals surface area contributed by atoms with E-state index < -0.39 is 0 Å². The molecular weight excluding hydrogens is 348 g/mol. The molecule has 4 heteroatoms. The average Bonchev–Trinajstić information content (AvgIpc) is 2.77. The Bertz CT molecular complexity index is 898. The summed E-state index contributed by atoms with van der Waals surface area (Å²) in [5, 5.41) is 0. The molecule has 2 aromatic carbocycles. The molecule has 3 aromatic rings. The van der Waals surface area contributed by atoms with Gasteiger partial charge < -0.3 is 9.47 Å². The lowest BCUT2D eigenvalue weighted by molar-refractivity contribution is 0.0746. The zero-order chi connectivity index (χ0) is 19.2. The maximum Gasteiger partial charge on any atom is 0.161 e. The molecule has 1 aromatic heterocycles. The molecule has 0 bridgehead atoms. The fraction of sp³-hybridized carbons (Fsp3) is 0.292. The highest BCUT2D eigenvalue weighted by Gasteiger charge is 2.21. The van der Waals surface area contributed by atoms with Gasteiger partial charge in [0.2, 0.25) is 0 Å². The van der Waals surface area contributed by atoms with E-state index in [0.29, 0.717) is 6.61 Å². The van der Waals surface area contributed by atoms with Crippen LogP contribution in [0.25, 0.3) is 11.1 Å². The molecule has 0 amide bonds. The topological polar surface area (TPSA) is 34.6 Å². The van der Waals surface area contributed by atoms with E-state index in [2.05, 4.69) is 53.2 Å². The first-order chi connectivity index (χ1) is 13.8. The Morgan fingerprint density at radius 3 is 2.57 bits per heavy atom. The molecule has 0 aliphatic carbocycles. The third-order valence-corrected chi connectivity index (χ3v) is 5.09. The molecule has 0 saturated carbocycles. The van der Waals surface area contributed by atoms with Crippen molar-refractivity contribution in [3.8, 4) is 22.6 Å². The van der Waals surface area contributed by atoms with Gasteiger partial charge in [0.05, 0.1) is 5.69 Å². The Hall–Kier alpha value is -2.85. The fourth-order valence-electron chi connectivity index (χ4n) is 3.48. The minimum absolute atomic E-state index is 0.0903. The molecule has 1 aliphatic rings. The summed E-state index contributed by atoms with van der Waals surface area (Å²) in [5.41, 5.74) is 3.53. The third kappa shape index (κ3) is 4.52. The van der Waals surface area contributed by atoms with Gasteiger partial charge in [-0.1, -0.05) is 49.4 Å². The van der Waals surface area contributed by atoms with Crippen molar-refractivity contribution >= 4 is 0 Å². The van der Waals surface area contributed by atoms with Crippen LogP contribution in [0, 0.1) is 0 Å². The standard InChI is InChI=1S/C24H26N2O2/c1-2-26(15-13-22-18-27-23-10-6-7-11-24(23)28-22)17-21-16-20(12-14-25-21)19-8-4-3-5-9-19/h3-12,14,16,22H,2,13,15,17-18H2,1H3. The van der Waals surface area contributed by atoms with Crippen molar-refractivity contribution in [2.24, 2.45) is 0 Å². The second-order valence-electron chi connectivity index (χ2n) is 7.06. The molecule has 0 fully saturated rings. The van der Waals surface area contributed by atoms with Gasteiger partial charge in [0.15, 0.2) is 11.5 Å². The Morgan fingerprint density at radius 1 is 0.964 bits per heavy atom. The molecule has 0 saturated heterocycles. The van der Waals surface area contributed by atoms with Gasteiger partial charge in [-0.2, -0.15) is 0 Å². The maximum absolute atomic E-state index is 6.09. The van der Waals surface area contributed by atoms with E-state index in [1.54, 1.807) is 0 Å². The SMILES string of the molecule is CCN(CCC1COc2ccccc2O1)Cc1cc(-c2ccccc2)ccn1. The Morgan fingerprint density at radius 2 is 1.75 bits per heavy atom. The van der Waals surface area contributed by atoms with Crippen LogP contribution in [0.2, 0.25) is 0 Å². The van der Waals surface area contributed by atoms with Gasteiger partial charge >= 0.3 is 0 Å². The van der Waals surface area contributed by atoms with Crippen molar-refractivity contribution < 1.29 is 9.47 Å². The summed E-state index contributed by atoms with van der Waals surface area (Å²) < 4.78 is 11.9. The minimum atomic E-state index is 0.0903. The zero-order valence-electron chi connectivity index (χ0n) is 16.3. The van der Waals surface area contributed by atoms with Crippen LogP contribution in [0.3, 0.4) is 0 Å². The quantitative estimate of drug-likeness (QED) is 0.595. The normalized spacial score (nSPS) is 15.6.